The number of sulfonamides is 1. The molecule has 1 heterocycles. The van der Waals surface area contributed by atoms with E-state index >= 15 is 0 Å². The SMILES string of the molecule is Cc1cc(C)c(Oc2nc(C(F)(F)F)ccc2C(=O)NS(=O)(=O)c2cccc(N)c2)c(C)c1. The molecule has 0 atom stereocenters. The maximum Gasteiger partial charge on any atom is 0.433 e. The average Bonchev–Trinajstić information content (AvgIpc) is 2.69. The number of amides is 1. The fourth-order valence-electron chi connectivity index (χ4n) is 3.19. The summed E-state index contributed by atoms with van der Waals surface area (Å²) in [5.41, 5.74) is 6.06. The monoisotopic (exact) mass is 479 g/mol. The minimum absolute atomic E-state index is 0.149. The number of halogens is 3. The first kappa shape index (κ1) is 24.1. The van der Waals surface area contributed by atoms with Gasteiger partial charge in [0, 0.05) is 5.69 Å². The zero-order valence-corrected chi connectivity index (χ0v) is 18.6. The Labute approximate surface area is 188 Å². The number of pyridine rings is 1. The predicted octanol–water partition coefficient (Wildman–Crippen LogP) is 4.52. The lowest BCUT2D eigenvalue weighted by molar-refractivity contribution is -0.141. The smallest absolute Gasteiger partial charge is 0.433 e. The third kappa shape index (κ3) is 5.43. The molecule has 2 aromatic carbocycles. The number of hydrogen-bond donors (Lipinski definition) is 2. The van der Waals surface area contributed by atoms with Crippen LogP contribution >= 0.6 is 0 Å². The van der Waals surface area contributed by atoms with Crippen molar-refractivity contribution in [3.05, 3.63) is 76.5 Å². The van der Waals surface area contributed by atoms with Gasteiger partial charge in [-0.3, -0.25) is 4.79 Å². The molecule has 174 valence electrons. The molecular formula is C22H20F3N3O4S. The zero-order valence-electron chi connectivity index (χ0n) is 17.8. The summed E-state index contributed by atoms with van der Waals surface area (Å²) in [5, 5.41) is 0. The van der Waals surface area contributed by atoms with Crippen LogP contribution < -0.4 is 15.2 Å². The van der Waals surface area contributed by atoms with Crippen LogP contribution in [0.1, 0.15) is 32.7 Å². The molecule has 3 aromatic rings. The number of benzene rings is 2. The first-order valence-corrected chi connectivity index (χ1v) is 11.0. The molecule has 0 saturated heterocycles. The topological polar surface area (TPSA) is 111 Å². The fourth-order valence-corrected chi connectivity index (χ4v) is 4.21. The van der Waals surface area contributed by atoms with Gasteiger partial charge in [0.1, 0.15) is 17.0 Å². The highest BCUT2D eigenvalue weighted by Crippen LogP contribution is 2.34. The van der Waals surface area contributed by atoms with Gasteiger partial charge >= 0.3 is 6.18 Å². The molecule has 0 aliphatic carbocycles. The lowest BCUT2D eigenvalue weighted by Gasteiger charge is -2.16. The van der Waals surface area contributed by atoms with Crippen molar-refractivity contribution < 1.29 is 31.1 Å². The van der Waals surface area contributed by atoms with Gasteiger partial charge in [-0.15, -0.1) is 0 Å². The number of nitrogen functional groups attached to an aromatic ring is 1. The number of aryl methyl sites for hydroxylation is 3. The van der Waals surface area contributed by atoms with E-state index in [0.29, 0.717) is 17.2 Å². The standard InChI is InChI=1S/C22H20F3N3O4S/c1-12-9-13(2)19(14(3)10-12)32-21-17(7-8-18(27-21)22(23,24)25)20(29)28-33(30,31)16-6-4-5-15(26)11-16/h4-11H,26H2,1-3H3,(H,28,29). The lowest BCUT2D eigenvalue weighted by atomic mass is 10.1. The second-order valence-electron chi connectivity index (χ2n) is 7.38. The Morgan fingerprint density at radius 3 is 2.24 bits per heavy atom. The number of alkyl halides is 3. The summed E-state index contributed by atoms with van der Waals surface area (Å²) >= 11 is 0. The lowest BCUT2D eigenvalue weighted by Crippen LogP contribution is -2.31. The molecule has 7 nitrogen and oxygen atoms in total. The van der Waals surface area contributed by atoms with Gasteiger partial charge < -0.3 is 10.5 Å². The number of nitrogens with one attached hydrogen (secondary N) is 1. The molecule has 0 aliphatic heterocycles. The number of carbonyl (C=O) groups is 1. The third-order valence-electron chi connectivity index (χ3n) is 4.59. The first-order chi connectivity index (χ1) is 15.3. The summed E-state index contributed by atoms with van der Waals surface area (Å²) in [6.45, 7) is 5.21. The molecule has 0 unspecified atom stereocenters. The van der Waals surface area contributed by atoms with Crippen molar-refractivity contribution in [1.29, 1.82) is 0 Å². The molecule has 33 heavy (non-hydrogen) atoms. The normalized spacial score (nSPS) is 11.8. The van der Waals surface area contributed by atoms with Crippen LogP contribution in [0.4, 0.5) is 18.9 Å². The van der Waals surface area contributed by atoms with Gasteiger partial charge in [0.05, 0.1) is 4.90 Å². The molecule has 0 fully saturated rings. The quantitative estimate of drug-likeness (QED) is 0.521. The van der Waals surface area contributed by atoms with Crippen LogP contribution in [0.2, 0.25) is 0 Å². The van der Waals surface area contributed by atoms with Gasteiger partial charge in [0.15, 0.2) is 0 Å². The van der Waals surface area contributed by atoms with Crippen molar-refractivity contribution >= 4 is 21.6 Å². The maximum absolute atomic E-state index is 13.3. The summed E-state index contributed by atoms with van der Waals surface area (Å²) < 4.78 is 72.4. The van der Waals surface area contributed by atoms with Crippen LogP contribution in [0.25, 0.3) is 0 Å². The van der Waals surface area contributed by atoms with Crippen LogP contribution in [-0.4, -0.2) is 19.3 Å². The van der Waals surface area contributed by atoms with Gasteiger partial charge in [-0.25, -0.2) is 18.1 Å². The van der Waals surface area contributed by atoms with E-state index in [2.05, 4.69) is 4.98 Å². The van der Waals surface area contributed by atoms with E-state index in [1.807, 2.05) is 11.6 Å². The first-order valence-electron chi connectivity index (χ1n) is 9.54. The number of ether oxygens (including phenoxy) is 1. The Bertz CT molecular complexity index is 1320. The number of nitrogens with zero attached hydrogens (tertiary/aromatic N) is 1. The molecular weight excluding hydrogens is 459 g/mol. The summed E-state index contributed by atoms with van der Waals surface area (Å²) in [6, 6.07) is 10.1. The number of aromatic nitrogens is 1. The number of carbonyl (C=O) groups excluding carboxylic acids is 1. The molecule has 11 heteroatoms. The molecule has 1 aromatic heterocycles. The van der Waals surface area contributed by atoms with Gasteiger partial charge in [-0.2, -0.15) is 13.2 Å². The summed E-state index contributed by atoms with van der Waals surface area (Å²) in [5.74, 6) is -1.68. The van der Waals surface area contributed by atoms with Crippen LogP contribution in [-0.2, 0) is 16.2 Å². The van der Waals surface area contributed by atoms with E-state index in [-0.39, 0.29) is 16.3 Å². The predicted molar refractivity (Wildman–Crippen MR) is 115 cm³/mol. The number of hydrogen-bond acceptors (Lipinski definition) is 6. The van der Waals surface area contributed by atoms with E-state index in [9.17, 15) is 26.4 Å². The highest BCUT2D eigenvalue weighted by atomic mass is 32.2. The van der Waals surface area contributed by atoms with Crippen molar-refractivity contribution in [3.63, 3.8) is 0 Å². The Balaban J connectivity index is 2.05. The Morgan fingerprint density at radius 1 is 1.03 bits per heavy atom. The Kier molecular flexibility index (Phi) is 6.37. The van der Waals surface area contributed by atoms with E-state index in [1.165, 1.54) is 18.2 Å². The van der Waals surface area contributed by atoms with E-state index in [4.69, 9.17) is 10.5 Å². The Hall–Kier alpha value is -3.60. The fraction of sp³-hybridized carbons (Fsp3) is 0.182. The van der Waals surface area contributed by atoms with Crippen LogP contribution in [0.5, 0.6) is 11.6 Å². The zero-order chi connectivity index (χ0) is 24.6. The van der Waals surface area contributed by atoms with Crippen LogP contribution in [0.3, 0.4) is 0 Å². The van der Waals surface area contributed by atoms with E-state index < -0.39 is 39.2 Å². The summed E-state index contributed by atoms with van der Waals surface area (Å²) in [4.78, 5) is 16.0. The number of nitrogens with two attached hydrogens (primary N) is 1. The van der Waals surface area contributed by atoms with Crippen LogP contribution in [0, 0.1) is 20.8 Å². The van der Waals surface area contributed by atoms with Crippen molar-refractivity contribution in [3.8, 4) is 11.6 Å². The van der Waals surface area contributed by atoms with Gasteiger partial charge in [0.25, 0.3) is 15.9 Å². The molecule has 3 rings (SSSR count). The number of anilines is 1. The molecule has 3 N–H and O–H groups in total. The van der Waals surface area contributed by atoms with E-state index in [1.54, 1.807) is 26.0 Å². The minimum atomic E-state index is -4.81. The van der Waals surface area contributed by atoms with Gasteiger partial charge in [0.2, 0.25) is 5.88 Å². The second-order valence-corrected chi connectivity index (χ2v) is 9.07. The summed E-state index contributed by atoms with van der Waals surface area (Å²) in [7, 11) is -4.37. The minimum Gasteiger partial charge on any atom is -0.438 e. The van der Waals surface area contributed by atoms with Crippen LogP contribution in [0.15, 0.2) is 53.4 Å². The van der Waals surface area contributed by atoms with Crippen molar-refractivity contribution in [1.82, 2.24) is 9.71 Å². The van der Waals surface area contributed by atoms with E-state index in [0.717, 1.165) is 17.7 Å². The third-order valence-corrected chi connectivity index (χ3v) is 5.92. The second kappa shape index (κ2) is 8.74. The molecule has 0 aliphatic rings. The molecule has 0 saturated carbocycles. The maximum atomic E-state index is 13.3. The molecule has 0 spiro atoms. The molecule has 0 radical (unpaired) electrons. The molecule has 1 amide bonds. The Morgan fingerprint density at radius 2 is 1.67 bits per heavy atom. The average molecular weight is 479 g/mol. The largest absolute Gasteiger partial charge is 0.438 e. The van der Waals surface area contributed by atoms with Crippen molar-refractivity contribution in [2.75, 3.05) is 5.73 Å². The van der Waals surface area contributed by atoms with Gasteiger partial charge in [-0.05, 0) is 62.2 Å². The van der Waals surface area contributed by atoms with Crippen molar-refractivity contribution in [2.45, 2.75) is 31.8 Å². The van der Waals surface area contributed by atoms with Gasteiger partial charge in [-0.1, -0.05) is 23.8 Å². The highest BCUT2D eigenvalue weighted by Gasteiger charge is 2.34. The number of rotatable bonds is 5. The highest BCUT2D eigenvalue weighted by molar-refractivity contribution is 7.90. The van der Waals surface area contributed by atoms with Crippen molar-refractivity contribution in [2.24, 2.45) is 0 Å². The summed E-state index contributed by atoms with van der Waals surface area (Å²) in [6.07, 6.45) is -4.81. The molecule has 0 bridgehead atoms.